The highest BCUT2D eigenvalue weighted by molar-refractivity contribution is 9.10. The zero-order valence-electron chi connectivity index (χ0n) is 11.8. The van der Waals surface area contributed by atoms with Crippen molar-refractivity contribution >= 4 is 33.9 Å². The van der Waals surface area contributed by atoms with Crippen molar-refractivity contribution in [3.8, 4) is 0 Å². The largest absolute Gasteiger partial charge is 0.480 e. The summed E-state index contributed by atoms with van der Waals surface area (Å²) in [6.45, 7) is 3.59. The minimum absolute atomic E-state index is 0.192. The zero-order valence-corrected chi connectivity index (χ0v) is 13.4. The van der Waals surface area contributed by atoms with Crippen LogP contribution in [0.4, 0.5) is 4.39 Å². The summed E-state index contributed by atoms with van der Waals surface area (Å²) < 4.78 is 14.2. The molecule has 4 nitrogen and oxygen atoms in total. The van der Waals surface area contributed by atoms with Gasteiger partial charge in [-0.25, -0.2) is 9.18 Å². The van der Waals surface area contributed by atoms with E-state index in [9.17, 15) is 14.0 Å². The molecule has 1 unspecified atom stereocenters. The van der Waals surface area contributed by atoms with Crippen LogP contribution in [0.25, 0.3) is 6.08 Å². The molecule has 0 aliphatic heterocycles. The standard InChI is InChI=1S/C15H17BrFNO3/c1-3-9(2)14(15(20)21)18-13(19)7-4-10-8-11(16)5-6-12(10)17/h4-9,14H,3H2,1-2H3,(H,18,19)(H,20,21)/t9?,14-/m0/s1. The van der Waals surface area contributed by atoms with Gasteiger partial charge in [0.2, 0.25) is 5.91 Å². The van der Waals surface area contributed by atoms with Crippen molar-refractivity contribution in [2.75, 3.05) is 0 Å². The molecule has 0 saturated carbocycles. The molecule has 0 aliphatic carbocycles. The molecule has 1 aromatic rings. The highest BCUT2D eigenvalue weighted by atomic mass is 79.9. The number of carbonyl (C=O) groups excluding carboxylic acids is 1. The lowest BCUT2D eigenvalue weighted by atomic mass is 9.99. The third-order valence-electron chi connectivity index (χ3n) is 3.15. The van der Waals surface area contributed by atoms with Crippen LogP contribution < -0.4 is 5.32 Å². The topological polar surface area (TPSA) is 66.4 Å². The van der Waals surface area contributed by atoms with Crippen molar-refractivity contribution in [2.45, 2.75) is 26.3 Å². The Morgan fingerprint density at radius 1 is 1.48 bits per heavy atom. The van der Waals surface area contributed by atoms with Crippen LogP contribution in [-0.4, -0.2) is 23.0 Å². The van der Waals surface area contributed by atoms with Crippen LogP contribution in [0.15, 0.2) is 28.7 Å². The number of carboxylic acid groups (broad SMARTS) is 1. The molecule has 21 heavy (non-hydrogen) atoms. The van der Waals surface area contributed by atoms with Crippen LogP contribution in [0.1, 0.15) is 25.8 Å². The zero-order chi connectivity index (χ0) is 16.0. The van der Waals surface area contributed by atoms with E-state index in [1.54, 1.807) is 13.0 Å². The summed E-state index contributed by atoms with van der Waals surface area (Å²) in [5.74, 6) is -2.30. The van der Waals surface area contributed by atoms with Crippen molar-refractivity contribution in [3.05, 3.63) is 40.1 Å². The highest BCUT2D eigenvalue weighted by Gasteiger charge is 2.24. The molecule has 2 atom stereocenters. The fourth-order valence-electron chi connectivity index (χ4n) is 1.69. The van der Waals surface area contributed by atoms with Gasteiger partial charge in [-0.15, -0.1) is 0 Å². The lowest BCUT2D eigenvalue weighted by molar-refractivity contribution is -0.142. The average Bonchev–Trinajstić information content (AvgIpc) is 2.44. The Morgan fingerprint density at radius 2 is 2.14 bits per heavy atom. The second-order valence-electron chi connectivity index (χ2n) is 4.71. The van der Waals surface area contributed by atoms with Crippen molar-refractivity contribution in [2.24, 2.45) is 5.92 Å². The van der Waals surface area contributed by atoms with E-state index < -0.39 is 23.7 Å². The third-order valence-corrected chi connectivity index (χ3v) is 3.64. The summed E-state index contributed by atoms with van der Waals surface area (Å²) in [5.41, 5.74) is 0.245. The summed E-state index contributed by atoms with van der Waals surface area (Å²) in [6.07, 6.45) is 3.06. The Hall–Kier alpha value is -1.69. The van der Waals surface area contributed by atoms with Crippen LogP contribution in [0.5, 0.6) is 0 Å². The lowest BCUT2D eigenvalue weighted by Gasteiger charge is -2.19. The van der Waals surface area contributed by atoms with Gasteiger partial charge in [0.25, 0.3) is 0 Å². The smallest absolute Gasteiger partial charge is 0.326 e. The molecule has 2 N–H and O–H groups in total. The molecular weight excluding hydrogens is 341 g/mol. The Bertz CT molecular complexity index is 560. The van der Waals surface area contributed by atoms with Gasteiger partial charge < -0.3 is 10.4 Å². The van der Waals surface area contributed by atoms with Gasteiger partial charge in [0.15, 0.2) is 0 Å². The Balaban J connectivity index is 2.78. The molecule has 114 valence electrons. The maximum Gasteiger partial charge on any atom is 0.326 e. The minimum atomic E-state index is -1.08. The van der Waals surface area contributed by atoms with Crippen LogP contribution in [0.2, 0.25) is 0 Å². The number of carbonyl (C=O) groups is 2. The monoisotopic (exact) mass is 357 g/mol. The van der Waals surface area contributed by atoms with Crippen molar-refractivity contribution in [3.63, 3.8) is 0 Å². The predicted molar refractivity (Wildman–Crippen MR) is 82.2 cm³/mol. The van der Waals surface area contributed by atoms with Crippen LogP contribution >= 0.6 is 15.9 Å². The molecule has 6 heteroatoms. The number of halogens is 2. The quantitative estimate of drug-likeness (QED) is 0.768. The number of benzene rings is 1. The summed E-state index contributed by atoms with van der Waals surface area (Å²) in [4.78, 5) is 22.9. The van der Waals surface area contributed by atoms with E-state index in [1.807, 2.05) is 6.92 Å². The van der Waals surface area contributed by atoms with E-state index in [-0.39, 0.29) is 11.5 Å². The Kier molecular flexibility index (Phi) is 6.55. The van der Waals surface area contributed by atoms with E-state index in [0.29, 0.717) is 10.9 Å². The van der Waals surface area contributed by atoms with Crippen LogP contribution in [0.3, 0.4) is 0 Å². The normalized spacial score (nSPS) is 13.9. The molecule has 0 fully saturated rings. The van der Waals surface area contributed by atoms with E-state index >= 15 is 0 Å². The van der Waals surface area contributed by atoms with E-state index in [2.05, 4.69) is 21.2 Å². The summed E-state index contributed by atoms with van der Waals surface area (Å²) >= 11 is 3.21. The van der Waals surface area contributed by atoms with E-state index in [4.69, 9.17) is 5.11 Å². The molecule has 1 aromatic carbocycles. The second-order valence-corrected chi connectivity index (χ2v) is 5.62. The number of carboxylic acids is 1. The Morgan fingerprint density at radius 3 is 2.71 bits per heavy atom. The second kappa shape index (κ2) is 7.93. The number of amides is 1. The average molecular weight is 358 g/mol. The SMILES string of the molecule is CCC(C)[C@H](NC(=O)C=Cc1cc(Br)ccc1F)C(=O)O. The summed E-state index contributed by atoms with van der Waals surface area (Å²) in [6, 6.07) is 3.40. The predicted octanol–water partition coefficient (Wildman–Crippen LogP) is 3.22. The number of rotatable bonds is 6. The molecule has 0 aliphatic rings. The van der Waals surface area contributed by atoms with Crippen LogP contribution in [0, 0.1) is 11.7 Å². The first-order valence-electron chi connectivity index (χ1n) is 6.51. The number of nitrogens with one attached hydrogen (secondary N) is 1. The molecule has 0 spiro atoms. The highest BCUT2D eigenvalue weighted by Crippen LogP contribution is 2.16. The molecule has 0 radical (unpaired) electrons. The molecular formula is C15H17BrFNO3. The number of aliphatic carboxylic acids is 1. The molecule has 1 rings (SSSR count). The molecule has 1 amide bonds. The van der Waals surface area contributed by atoms with Gasteiger partial charge in [-0.2, -0.15) is 0 Å². The van der Waals surface area contributed by atoms with Gasteiger partial charge in [-0.1, -0.05) is 36.2 Å². The first kappa shape index (κ1) is 17.4. The Labute approximate surface area is 131 Å². The fourth-order valence-corrected chi connectivity index (χ4v) is 2.07. The van der Waals surface area contributed by atoms with Crippen molar-refractivity contribution in [1.82, 2.24) is 5.32 Å². The van der Waals surface area contributed by atoms with Gasteiger partial charge in [0.1, 0.15) is 11.9 Å². The van der Waals surface area contributed by atoms with Gasteiger partial charge in [0.05, 0.1) is 0 Å². The van der Waals surface area contributed by atoms with Crippen LogP contribution in [-0.2, 0) is 9.59 Å². The molecule has 0 bridgehead atoms. The van der Waals surface area contributed by atoms with Gasteiger partial charge >= 0.3 is 5.97 Å². The first-order valence-corrected chi connectivity index (χ1v) is 7.30. The minimum Gasteiger partial charge on any atom is -0.480 e. The van der Waals surface area contributed by atoms with Gasteiger partial charge in [0, 0.05) is 16.1 Å². The van der Waals surface area contributed by atoms with E-state index in [1.165, 1.54) is 18.2 Å². The van der Waals surface area contributed by atoms with E-state index in [0.717, 1.165) is 6.08 Å². The molecule has 0 heterocycles. The maximum absolute atomic E-state index is 13.5. The van der Waals surface area contributed by atoms with Crippen molar-refractivity contribution in [1.29, 1.82) is 0 Å². The van der Waals surface area contributed by atoms with Gasteiger partial charge in [-0.3, -0.25) is 4.79 Å². The maximum atomic E-state index is 13.5. The fraction of sp³-hybridized carbons (Fsp3) is 0.333. The third kappa shape index (κ3) is 5.30. The lowest BCUT2D eigenvalue weighted by Crippen LogP contribution is -2.44. The van der Waals surface area contributed by atoms with Gasteiger partial charge in [-0.05, 0) is 30.2 Å². The van der Waals surface area contributed by atoms with Crippen molar-refractivity contribution < 1.29 is 19.1 Å². The first-order chi connectivity index (χ1) is 9.85. The summed E-state index contributed by atoms with van der Waals surface area (Å²) in [7, 11) is 0. The number of hydrogen-bond donors (Lipinski definition) is 2. The number of hydrogen-bond acceptors (Lipinski definition) is 2. The summed E-state index contributed by atoms with van der Waals surface area (Å²) in [5, 5.41) is 11.5. The molecule has 0 saturated heterocycles. The molecule has 0 aromatic heterocycles.